The summed E-state index contributed by atoms with van der Waals surface area (Å²) < 4.78 is 1.79. The van der Waals surface area contributed by atoms with Crippen LogP contribution in [-0.4, -0.2) is 63.9 Å². The zero-order chi connectivity index (χ0) is 25.7. The molecule has 3 aromatic rings. The van der Waals surface area contributed by atoms with E-state index in [1.807, 2.05) is 31.1 Å². The molecule has 2 aromatic carbocycles. The monoisotopic (exact) mass is 488 g/mol. The van der Waals surface area contributed by atoms with Crippen LogP contribution < -0.4 is 5.32 Å². The lowest BCUT2D eigenvalue weighted by Crippen LogP contribution is -2.46. The minimum atomic E-state index is -0.701. The highest BCUT2D eigenvalue weighted by Gasteiger charge is 2.31. The number of rotatable bonds is 10. The zero-order valence-corrected chi connectivity index (χ0v) is 21.2. The molecule has 0 radical (unpaired) electrons. The number of nitrogens with zero attached hydrogens (tertiary/aromatic N) is 3. The molecule has 1 fully saturated rings. The largest absolute Gasteiger partial charge is 0.394 e. The van der Waals surface area contributed by atoms with Gasteiger partial charge in [0.2, 0.25) is 5.91 Å². The summed E-state index contributed by atoms with van der Waals surface area (Å²) in [6.45, 7) is 2.01. The number of aromatic nitrogens is 2. The maximum absolute atomic E-state index is 11.9. The maximum atomic E-state index is 11.9. The van der Waals surface area contributed by atoms with E-state index in [1.165, 1.54) is 5.56 Å². The van der Waals surface area contributed by atoms with Gasteiger partial charge < -0.3 is 25.0 Å². The zero-order valence-electron chi connectivity index (χ0n) is 21.2. The second kappa shape index (κ2) is 11.6. The number of carbonyl (C=O) groups is 1. The molecule has 7 nitrogen and oxygen atoms in total. The molecule has 7 heteroatoms. The Kier molecular flexibility index (Phi) is 8.36. The highest BCUT2D eigenvalue weighted by atomic mass is 16.3. The summed E-state index contributed by atoms with van der Waals surface area (Å²) in [6, 6.07) is 17.0. The summed E-state index contributed by atoms with van der Waals surface area (Å²) in [5, 5.41) is 22.8. The summed E-state index contributed by atoms with van der Waals surface area (Å²) in [5.41, 5.74) is 4.66. The lowest BCUT2D eigenvalue weighted by Gasteiger charge is -2.36. The fraction of sp³-hybridized carbons (Fsp3) is 0.379. The quantitative estimate of drug-likeness (QED) is 0.404. The van der Waals surface area contributed by atoms with E-state index in [9.17, 15) is 15.0 Å². The smallest absolute Gasteiger partial charge is 0.234 e. The first-order valence-corrected chi connectivity index (χ1v) is 12.5. The fourth-order valence-corrected chi connectivity index (χ4v) is 4.70. The minimum absolute atomic E-state index is 0.0821. The number of aliphatic hydroxyl groups excluding tert-OH is 2. The molecule has 1 heterocycles. The van der Waals surface area contributed by atoms with E-state index in [1.54, 1.807) is 23.9 Å². The van der Waals surface area contributed by atoms with Crippen LogP contribution in [0.5, 0.6) is 0 Å². The Balaban J connectivity index is 1.33. The number of likely N-dealkylation sites (N-methyl/N-ethyl adjacent to an activating group) is 1. The molecule has 1 amide bonds. The van der Waals surface area contributed by atoms with Crippen molar-refractivity contribution >= 4 is 12.0 Å². The van der Waals surface area contributed by atoms with E-state index in [-0.39, 0.29) is 24.6 Å². The van der Waals surface area contributed by atoms with Crippen LogP contribution in [0.1, 0.15) is 54.8 Å². The van der Waals surface area contributed by atoms with Crippen LogP contribution >= 0.6 is 0 Å². The lowest BCUT2D eigenvalue weighted by molar-refractivity contribution is -0.123. The number of nitrogens with one attached hydrogen (secondary N) is 1. The number of hydrogen-bond donors (Lipinski definition) is 3. The van der Waals surface area contributed by atoms with Crippen LogP contribution in [0.3, 0.4) is 0 Å². The van der Waals surface area contributed by atoms with Gasteiger partial charge in [-0.3, -0.25) is 4.79 Å². The Bertz CT molecular complexity index is 1160. The Morgan fingerprint density at radius 1 is 1.14 bits per heavy atom. The molecule has 0 saturated heterocycles. The number of carbonyl (C=O) groups excluding carboxylic acids is 1. The first-order chi connectivity index (χ1) is 17.3. The SMILES string of the molecule is C[C@H](O)c1nccn1C(/C=C/c1ccc(-c2ccc(C3CC(NC(=O)CN(C)C)C3)cc2)cc1)CO. The van der Waals surface area contributed by atoms with Crippen molar-refractivity contribution in [1.29, 1.82) is 0 Å². The number of aliphatic hydroxyl groups is 2. The third-order valence-electron chi connectivity index (χ3n) is 6.72. The number of benzene rings is 2. The topological polar surface area (TPSA) is 90.6 Å². The summed E-state index contributed by atoms with van der Waals surface area (Å²) >= 11 is 0. The Hall–Kier alpha value is -3.26. The van der Waals surface area contributed by atoms with Gasteiger partial charge in [-0.25, -0.2) is 4.98 Å². The van der Waals surface area contributed by atoms with Crippen molar-refractivity contribution in [2.24, 2.45) is 0 Å². The fourth-order valence-electron chi connectivity index (χ4n) is 4.70. The van der Waals surface area contributed by atoms with Crippen LogP contribution in [0.25, 0.3) is 17.2 Å². The molecule has 0 spiro atoms. The summed E-state index contributed by atoms with van der Waals surface area (Å²) in [6.07, 6.45) is 8.58. The molecule has 4 rings (SSSR count). The first kappa shape index (κ1) is 25.8. The molecule has 0 aliphatic heterocycles. The second-order valence-electron chi connectivity index (χ2n) is 9.89. The van der Waals surface area contributed by atoms with E-state index in [2.05, 4.69) is 58.8 Å². The Labute approximate surface area is 213 Å². The average Bonchev–Trinajstić information content (AvgIpc) is 3.32. The second-order valence-corrected chi connectivity index (χ2v) is 9.89. The summed E-state index contributed by atoms with van der Waals surface area (Å²) in [4.78, 5) is 18.0. The van der Waals surface area contributed by atoms with Crippen LogP contribution in [0, 0.1) is 0 Å². The third kappa shape index (κ3) is 6.29. The number of imidazole rings is 1. The standard InChI is InChI=1S/C29H36N4O3/c1-20(35)29-30-14-15-33(29)27(19-34)13-6-21-4-7-22(8-5-21)23-9-11-24(12-10-23)25-16-26(17-25)31-28(36)18-32(2)3/h4-15,20,25-27,34-35H,16-19H2,1-3H3,(H,31,36)/b13-6+/t20-,25?,26?,27?/m0/s1. The summed E-state index contributed by atoms with van der Waals surface area (Å²) in [7, 11) is 3.80. The van der Waals surface area contributed by atoms with Gasteiger partial charge in [0.1, 0.15) is 11.9 Å². The van der Waals surface area contributed by atoms with Crippen molar-refractivity contribution in [3.8, 4) is 11.1 Å². The van der Waals surface area contributed by atoms with Gasteiger partial charge >= 0.3 is 0 Å². The third-order valence-corrected chi connectivity index (χ3v) is 6.72. The number of amides is 1. The number of hydrogen-bond acceptors (Lipinski definition) is 5. The van der Waals surface area contributed by atoms with E-state index in [0.717, 1.165) is 29.5 Å². The van der Waals surface area contributed by atoms with Crippen molar-refractivity contribution in [1.82, 2.24) is 19.8 Å². The molecule has 36 heavy (non-hydrogen) atoms. The van der Waals surface area contributed by atoms with Crippen molar-refractivity contribution in [2.75, 3.05) is 27.2 Å². The van der Waals surface area contributed by atoms with Crippen LogP contribution in [0.4, 0.5) is 0 Å². The van der Waals surface area contributed by atoms with Gasteiger partial charge in [-0.1, -0.05) is 60.7 Å². The highest BCUT2D eigenvalue weighted by molar-refractivity contribution is 5.78. The molecule has 1 saturated carbocycles. The van der Waals surface area contributed by atoms with Crippen molar-refractivity contribution in [3.63, 3.8) is 0 Å². The Morgan fingerprint density at radius 2 is 1.78 bits per heavy atom. The van der Waals surface area contributed by atoms with Crippen molar-refractivity contribution < 1.29 is 15.0 Å². The Morgan fingerprint density at radius 3 is 2.36 bits per heavy atom. The van der Waals surface area contributed by atoms with Crippen LogP contribution in [0.2, 0.25) is 0 Å². The van der Waals surface area contributed by atoms with Gasteiger partial charge in [-0.15, -0.1) is 0 Å². The molecule has 2 atom stereocenters. The molecule has 190 valence electrons. The molecular formula is C29H36N4O3. The average molecular weight is 489 g/mol. The molecule has 1 aliphatic rings. The highest BCUT2D eigenvalue weighted by Crippen LogP contribution is 2.37. The van der Waals surface area contributed by atoms with Crippen LogP contribution in [-0.2, 0) is 4.79 Å². The van der Waals surface area contributed by atoms with E-state index in [0.29, 0.717) is 18.3 Å². The van der Waals surface area contributed by atoms with Crippen molar-refractivity contribution in [3.05, 3.63) is 84.0 Å². The van der Waals surface area contributed by atoms with E-state index < -0.39 is 6.10 Å². The van der Waals surface area contributed by atoms with Crippen molar-refractivity contribution in [2.45, 2.75) is 43.9 Å². The van der Waals surface area contributed by atoms with Gasteiger partial charge in [0.25, 0.3) is 0 Å². The van der Waals surface area contributed by atoms with Crippen LogP contribution in [0.15, 0.2) is 67.0 Å². The van der Waals surface area contributed by atoms with Gasteiger partial charge in [-0.2, -0.15) is 0 Å². The first-order valence-electron chi connectivity index (χ1n) is 12.5. The predicted molar refractivity (Wildman–Crippen MR) is 142 cm³/mol. The predicted octanol–water partition coefficient (Wildman–Crippen LogP) is 3.77. The van der Waals surface area contributed by atoms with Gasteiger partial charge in [0.05, 0.1) is 19.2 Å². The van der Waals surface area contributed by atoms with Gasteiger partial charge in [-0.05, 0) is 62.0 Å². The minimum Gasteiger partial charge on any atom is -0.394 e. The molecule has 0 bridgehead atoms. The molecule has 1 aliphatic carbocycles. The maximum Gasteiger partial charge on any atom is 0.234 e. The molecule has 1 aromatic heterocycles. The lowest BCUT2D eigenvalue weighted by atomic mass is 9.75. The van der Waals surface area contributed by atoms with E-state index in [4.69, 9.17) is 0 Å². The van der Waals surface area contributed by atoms with E-state index >= 15 is 0 Å². The molecule has 1 unspecified atom stereocenters. The molecular weight excluding hydrogens is 452 g/mol. The van der Waals surface area contributed by atoms with Gasteiger partial charge in [0, 0.05) is 18.4 Å². The van der Waals surface area contributed by atoms with Gasteiger partial charge in [0.15, 0.2) is 0 Å². The summed E-state index contributed by atoms with van der Waals surface area (Å²) in [5.74, 6) is 1.12. The normalized spacial score (nSPS) is 19.3. The molecule has 3 N–H and O–H groups in total.